The van der Waals surface area contributed by atoms with Gasteiger partial charge < -0.3 is 24.3 Å². The number of fused-ring (bicyclic) bond motifs is 1. The largest absolute Gasteiger partial charge is 0.495 e. The molecule has 37 heavy (non-hydrogen) atoms. The standard InChI is InChI=1S/C26H24ClN3O6S/c1-33-7-8-36-21-11-17-15(10-20(21)34-2)26(29-13-28-17)30-18-12-22(35-3)24(27)23(25(18)37-4)16-9-14(31)5-6-19(16)32/h5-6,9-13H,7-8H2,1-4H3,(H,28,29,30). The molecule has 4 rings (SSSR count). The molecule has 0 saturated carbocycles. The summed E-state index contributed by atoms with van der Waals surface area (Å²) >= 11 is 8.03. The van der Waals surface area contributed by atoms with Gasteiger partial charge in [0.15, 0.2) is 23.1 Å². The minimum absolute atomic E-state index is 0.191. The number of anilines is 2. The highest BCUT2D eigenvalue weighted by atomic mass is 35.5. The van der Waals surface area contributed by atoms with Gasteiger partial charge >= 0.3 is 0 Å². The maximum absolute atomic E-state index is 12.7. The number of nitrogens with one attached hydrogen (secondary N) is 1. The van der Waals surface area contributed by atoms with Gasteiger partial charge in [0.2, 0.25) is 0 Å². The number of carbonyl (C=O) groups is 2. The van der Waals surface area contributed by atoms with E-state index >= 15 is 0 Å². The molecule has 3 aromatic rings. The van der Waals surface area contributed by atoms with Crippen molar-refractivity contribution in [3.8, 4) is 17.2 Å². The average molecular weight is 542 g/mol. The molecule has 1 aliphatic rings. The fourth-order valence-corrected chi connectivity index (χ4v) is 4.94. The molecular formula is C26H24ClN3O6S. The predicted octanol–water partition coefficient (Wildman–Crippen LogP) is 4.88. The van der Waals surface area contributed by atoms with Crippen molar-refractivity contribution in [2.75, 3.05) is 46.1 Å². The van der Waals surface area contributed by atoms with Crippen LogP contribution >= 0.6 is 23.4 Å². The lowest BCUT2D eigenvalue weighted by Gasteiger charge is -2.20. The number of carbonyl (C=O) groups excluding carboxylic acids is 2. The monoisotopic (exact) mass is 541 g/mol. The first-order valence-electron chi connectivity index (χ1n) is 11.1. The Morgan fingerprint density at radius 1 is 0.973 bits per heavy atom. The van der Waals surface area contributed by atoms with Gasteiger partial charge in [-0.05, 0) is 30.6 Å². The van der Waals surface area contributed by atoms with Crippen molar-refractivity contribution in [1.82, 2.24) is 9.97 Å². The number of thioether (sulfide) groups is 1. The summed E-state index contributed by atoms with van der Waals surface area (Å²) in [5.41, 5.74) is 1.80. The van der Waals surface area contributed by atoms with Crippen LogP contribution in [-0.2, 0) is 14.3 Å². The van der Waals surface area contributed by atoms with Gasteiger partial charge in [0, 0.05) is 40.7 Å². The van der Waals surface area contributed by atoms with E-state index in [0.29, 0.717) is 63.3 Å². The van der Waals surface area contributed by atoms with Gasteiger partial charge in [0.25, 0.3) is 0 Å². The van der Waals surface area contributed by atoms with Crippen molar-refractivity contribution in [2.24, 2.45) is 0 Å². The van der Waals surface area contributed by atoms with Crippen LogP contribution in [-0.4, -0.2) is 62.3 Å². The minimum Gasteiger partial charge on any atom is -0.495 e. The smallest absolute Gasteiger partial charge is 0.186 e. The fraction of sp³-hybridized carbons (Fsp3) is 0.231. The molecular weight excluding hydrogens is 518 g/mol. The molecule has 0 unspecified atom stereocenters. The van der Waals surface area contributed by atoms with Crippen molar-refractivity contribution < 1.29 is 28.5 Å². The Morgan fingerprint density at radius 2 is 1.76 bits per heavy atom. The lowest BCUT2D eigenvalue weighted by molar-refractivity contribution is -0.113. The topological polar surface area (TPSA) is 109 Å². The zero-order valence-electron chi connectivity index (χ0n) is 20.6. The summed E-state index contributed by atoms with van der Waals surface area (Å²) in [6.45, 7) is 0.779. The molecule has 0 atom stereocenters. The normalized spacial score (nSPS) is 13.1. The number of hydrogen-bond donors (Lipinski definition) is 1. The van der Waals surface area contributed by atoms with E-state index in [-0.39, 0.29) is 22.2 Å². The highest BCUT2D eigenvalue weighted by Gasteiger charge is 2.26. The van der Waals surface area contributed by atoms with Crippen LogP contribution in [0, 0.1) is 0 Å². The third-order valence-electron chi connectivity index (χ3n) is 5.55. The molecule has 192 valence electrons. The first-order valence-corrected chi connectivity index (χ1v) is 12.7. The maximum Gasteiger partial charge on any atom is 0.186 e. The van der Waals surface area contributed by atoms with E-state index < -0.39 is 0 Å². The molecule has 9 nitrogen and oxygen atoms in total. The third kappa shape index (κ3) is 5.41. The van der Waals surface area contributed by atoms with Gasteiger partial charge in [-0.2, -0.15) is 0 Å². The highest BCUT2D eigenvalue weighted by Crippen LogP contribution is 2.46. The van der Waals surface area contributed by atoms with Crippen LogP contribution in [0.1, 0.15) is 5.56 Å². The van der Waals surface area contributed by atoms with E-state index in [1.807, 2.05) is 6.26 Å². The van der Waals surface area contributed by atoms with Crippen molar-refractivity contribution in [2.45, 2.75) is 4.90 Å². The number of hydrogen-bond acceptors (Lipinski definition) is 10. The van der Waals surface area contributed by atoms with Crippen LogP contribution in [0.25, 0.3) is 16.5 Å². The maximum atomic E-state index is 12.7. The van der Waals surface area contributed by atoms with E-state index in [1.54, 1.807) is 32.4 Å². The van der Waals surface area contributed by atoms with E-state index in [0.717, 1.165) is 0 Å². The number of ketones is 2. The molecule has 0 fully saturated rings. The first kappa shape index (κ1) is 26.5. The third-order valence-corrected chi connectivity index (χ3v) is 6.75. The van der Waals surface area contributed by atoms with E-state index in [1.165, 1.54) is 43.4 Å². The number of halogens is 1. The van der Waals surface area contributed by atoms with Gasteiger partial charge in [-0.25, -0.2) is 9.97 Å². The second kappa shape index (κ2) is 11.6. The van der Waals surface area contributed by atoms with Gasteiger partial charge in [0.05, 0.1) is 37.1 Å². The number of nitrogens with zero attached hydrogens (tertiary/aromatic N) is 2. The van der Waals surface area contributed by atoms with E-state index in [2.05, 4.69) is 15.3 Å². The number of allylic oxidation sites excluding steroid dienone is 4. The highest BCUT2D eigenvalue weighted by molar-refractivity contribution is 7.98. The predicted molar refractivity (Wildman–Crippen MR) is 144 cm³/mol. The zero-order chi connectivity index (χ0) is 26.5. The summed E-state index contributed by atoms with van der Waals surface area (Å²) < 4.78 is 21.9. The number of methoxy groups -OCH3 is 3. The van der Waals surface area contributed by atoms with E-state index in [4.69, 9.17) is 30.5 Å². The molecule has 0 saturated heterocycles. The van der Waals surface area contributed by atoms with Crippen molar-refractivity contribution >= 4 is 62.9 Å². The Hall–Kier alpha value is -3.60. The minimum atomic E-state index is -0.325. The average Bonchev–Trinajstić information content (AvgIpc) is 2.90. The fourth-order valence-electron chi connectivity index (χ4n) is 3.81. The Labute approximate surface area is 222 Å². The lowest BCUT2D eigenvalue weighted by Crippen LogP contribution is -2.10. The Bertz CT molecular complexity index is 1440. The van der Waals surface area contributed by atoms with Crippen LogP contribution in [0.15, 0.2) is 47.6 Å². The zero-order valence-corrected chi connectivity index (χ0v) is 22.2. The Balaban J connectivity index is 1.84. The van der Waals surface area contributed by atoms with Crippen LogP contribution in [0.4, 0.5) is 11.5 Å². The van der Waals surface area contributed by atoms with Crippen molar-refractivity contribution in [3.63, 3.8) is 0 Å². The first-order chi connectivity index (χ1) is 17.9. The van der Waals surface area contributed by atoms with Crippen LogP contribution in [0.2, 0.25) is 5.02 Å². The molecule has 1 aromatic heterocycles. The summed E-state index contributed by atoms with van der Waals surface area (Å²) in [5, 5.41) is 4.23. The second-order valence-electron chi connectivity index (χ2n) is 7.72. The lowest BCUT2D eigenvalue weighted by atomic mass is 9.95. The molecule has 2 aromatic carbocycles. The molecule has 0 spiro atoms. The molecule has 1 aliphatic carbocycles. The molecule has 11 heteroatoms. The molecule has 1 heterocycles. The molecule has 0 amide bonds. The summed E-state index contributed by atoms with van der Waals surface area (Å²) in [5.74, 6) is 1.22. The van der Waals surface area contributed by atoms with Gasteiger partial charge in [-0.3, -0.25) is 9.59 Å². The summed E-state index contributed by atoms with van der Waals surface area (Å²) in [4.78, 5) is 34.3. The van der Waals surface area contributed by atoms with Gasteiger partial charge in [0.1, 0.15) is 24.5 Å². The SMILES string of the molecule is COCCOc1cc2ncnc(Nc3cc(OC)c(Cl)c(C4=CC(=O)C=CC4=O)c3SC)c2cc1OC. The van der Waals surface area contributed by atoms with Crippen molar-refractivity contribution in [1.29, 1.82) is 0 Å². The van der Waals surface area contributed by atoms with Crippen LogP contribution in [0.3, 0.4) is 0 Å². The summed E-state index contributed by atoms with van der Waals surface area (Å²) in [6.07, 6.45) is 7.03. The van der Waals surface area contributed by atoms with Crippen LogP contribution < -0.4 is 19.5 Å². The Morgan fingerprint density at radius 3 is 2.46 bits per heavy atom. The quantitative estimate of drug-likeness (QED) is 0.216. The second-order valence-corrected chi connectivity index (χ2v) is 8.91. The Kier molecular flexibility index (Phi) is 8.32. The number of aromatic nitrogens is 2. The number of ether oxygens (including phenoxy) is 4. The molecule has 0 aliphatic heterocycles. The number of rotatable bonds is 10. The van der Waals surface area contributed by atoms with Crippen LogP contribution in [0.5, 0.6) is 17.2 Å². The van der Waals surface area contributed by atoms with Crippen molar-refractivity contribution in [3.05, 3.63) is 53.3 Å². The molecule has 1 N–H and O–H groups in total. The molecule has 0 bridgehead atoms. The van der Waals surface area contributed by atoms with E-state index in [9.17, 15) is 9.59 Å². The molecule has 0 radical (unpaired) electrons. The summed E-state index contributed by atoms with van der Waals surface area (Å²) in [6, 6.07) is 5.27. The van der Waals surface area contributed by atoms with Gasteiger partial charge in [-0.1, -0.05) is 11.6 Å². The summed E-state index contributed by atoms with van der Waals surface area (Å²) in [7, 11) is 4.63. The number of benzene rings is 2. The van der Waals surface area contributed by atoms with Gasteiger partial charge in [-0.15, -0.1) is 11.8 Å².